The minimum Gasteiger partial charge on any atom is -0.382 e. The fourth-order valence-electron chi connectivity index (χ4n) is 3.84. The first-order valence-electron chi connectivity index (χ1n) is 9.47. The van der Waals surface area contributed by atoms with E-state index in [2.05, 4.69) is 19.3 Å². The maximum atomic E-state index is 13.7. The predicted octanol–water partition coefficient (Wildman–Crippen LogP) is 2.54. The Morgan fingerprint density at radius 3 is 2.61 bits per heavy atom. The molecule has 0 radical (unpaired) electrons. The highest BCUT2D eigenvalue weighted by atomic mass is 32.2. The molecule has 2 heterocycles. The molecule has 1 unspecified atom stereocenters. The molecule has 1 atom stereocenters. The minimum atomic E-state index is -2.81. The number of nitrogens with one attached hydrogen (secondary N) is 1. The molecule has 4 rings (SSSR count). The molecule has 2 aromatic heterocycles. The fraction of sp³-hybridized carbons (Fsp3) is 0.421. The third kappa shape index (κ3) is 3.19. The lowest BCUT2D eigenvalue weighted by atomic mass is 10.0. The molecular weight excluding hydrogens is 376 g/mol. The molecule has 3 N–H and O–H groups in total. The monoisotopic (exact) mass is 400 g/mol. The highest BCUT2D eigenvalue weighted by Crippen LogP contribution is 2.30. The van der Waals surface area contributed by atoms with Crippen molar-refractivity contribution in [2.75, 3.05) is 12.8 Å². The molecule has 0 bridgehead atoms. The van der Waals surface area contributed by atoms with Crippen molar-refractivity contribution in [2.45, 2.75) is 49.1 Å². The molecule has 1 aromatic carbocycles. The maximum Gasteiger partial charge on any atom is 0.328 e. The number of fused-ring (bicyclic) bond motifs is 1. The van der Waals surface area contributed by atoms with E-state index < -0.39 is 9.73 Å². The lowest BCUT2D eigenvalue weighted by Crippen LogP contribution is -2.26. The SMILES string of the molecule is CN=S(=O)(c1nc(N)c2[nH]c(=O)n(Cc3ccccc3)c2n1)C1CCCCC1. The summed E-state index contributed by atoms with van der Waals surface area (Å²) in [5.74, 6) is 0.121. The molecule has 0 spiro atoms. The standard InChI is InChI=1S/C19H24N6O2S/c1-21-28(27,14-10-6-3-7-11-14)18-23-16(20)15-17(24-18)25(19(26)22-15)12-13-8-4-2-5-9-13/h2,4-5,8-9,14H,3,6-7,10-12H2,1H3,(H,22,26)(H2,20,23,24). The maximum absolute atomic E-state index is 13.7. The van der Waals surface area contributed by atoms with Gasteiger partial charge in [-0.25, -0.2) is 18.4 Å². The van der Waals surface area contributed by atoms with Crippen molar-refractivity contribution in [3.05, 3.63) is 46.4 Å². The number of imidazole rings is 1. The molecule has 0 saturated heterocycles. The van der Waals surface area contributed by atoms with Gasteiger partial charge < -0.3 is 10.7 Å². The van der Waals surface area contributed by atoms with Crippen LogP contribution < -0.4 is 11.4 Å². The van der Waals surface area contributed by atoms with Crippen molar-refractivity contribution in [3.63, 3.8) is 0 Å². The second-order valence-corrected chi connectivity index (χ2v) is 9.64. The topological polar surface area (TPSA) is 119 Å². The molecule has 0 aliphatic heterocycles. The summed E-state index contributed by atoms with van der Waals surface area (Å²) in [5, 5.41) is 0.0454. The first-order chi connectivity index (χ1) is 13.5. The quantitative estimate of drug-likeness (QED) is 0.652. The summed E-state index contributed by atoms with van der Waals surface area (Å²) in [5.41, 5.74) is 7.47. The van der Waals surface area contributed by atoms with Crippen LogP contribution in [0.3, 0.4) is 0 Å². The Balaban J connectivity index is 1.86. The number of nitrogens with zero attached hydrogens (tertiary/aromatic N) is 4. The van der Waals surface area contributed by atoms with Crippen molar-refractivity contribution in [1.29, 1.82) is 0 Å². The molecule has 1 saturated carbocycles. The summed E-state index contributed by atoms with van der Waals surface area (Å²) < 4.78 is 19.5. The summed E-state index contributed by atoms with van der Waals surface area (Å²) in [4.78, 5) is 24.1. The molecule has 0 amide bonds. The molecule has 3 aromatic rings. The van der Waals surface area contributed by atoms with Crippen molar-refractivity contribution in [3.8, 4) is 0 Å². The van der Waals surface area contributed by atoms with E-state index in [-0.39, 0.29) is 21.9 Å². The second-order valence-electron chi connectivity index (χ2n) is 7.10. The lowest BCUT2D eigenvalue weighted by molar-refractivity contribution is 0.500. The second kappa shape index (κ2) is 7.38. The van der Waals surface area contributed by atoms with E-state index in [1.807, 2.05) is 30.3 Å². The van der Waals surface area contributed by atoms with Crippen LogP contribution in [0.4, 0.5) is 5.82 Å². The van der Waals surface area contributed by atoms with Crippen LogP contribution in [0.15, 0.2) is 44.6 Å². The molecule has 1 aliphatic rings. The first-order valence-corrected chi connectivity index (χ1v) is 11.0. The van der Waals surface area contributed by atoms with Gasteiger partial charge in [-0.3, -0.25) is 4.57 Å². The van der Waals surface area contributed by atoms with E-state index in [4.69, 9.17) is 5.73 Å². The molecule has 1 fully saturated rings. The number of hydrogen-bond acceptors (Lipinski definition) is 6. The van der Waals surface area contributed by atoms with Gasteiger partial charge in [-0.05, 0) is 18.4 Å². The van der Waals surface area contributed by atoms with Crippen LogP contribution in [0.5, 0.6) is 0 Å². The molecule has 8 nitrogen and oxygen atoms in total. The number of aromatic nitrogens is 4. The Kier molecular flexibility index (Phi) is 4.92. The third-order valence-corrected chi connectivity index (χ3v) is 7.97. The Morgan fingerprint density at radius 1 is 1.21 bits per heavy atom. The van der Waals surface area contributed by atoms with Crippen molar-refractivity contribution in [2.24, 2.45) is 4.36 Å². The Bertz CT molecular complexity index is 1170. The number of hydrogen-bond donors (Lipinski definition) is 2. The smallest absolute Gasteiger partial charge is 0.328 e. The average Bonchev–Trinajstić information content (AvgIpc) is 3.05. The van der Waals surface area contributed by atoms with Gasteiger partial charge in [0.25, 0.3) is 0 Å². The summed E-state index contributed by atoms with van der Waals surface area (Å²) in [6, 6.07) is 9.61. The van der Waals surface area contributed by atoms with E-state index in [0.29, 0.717) is 17.7 Å². The number of H-pyrrole nitrogens is 1. The number of nitrogen functional groups attached to an aromatic ring is 1. The molecular formula is C19H24N6O2S. The zero-order chi connectivity index (χ0) is 19.7. The highest BCUT2D eigenvalue weighted by Gasteiger charge is 2.30. The normalized spacial score (nSPS) is 17.5. The van der Waals surface area contributed by atoms with E-state index in [1.54, 1.807) is 7.05 Å². The molecule has 148 valence electrons. The van der Waals surface area contributed by atoms with Crippen LogP contribution in [0.2, 0.25) is 0 Å². The van der Waals surface area contributed by atoms with Gasteiger partial charge in [-0.2, -0.15) is 4.98 Å². The predicted molar refractivity (Wildman–Crippen MR) is 110 cm³/mol. The molecule has 28 heavy (non-hydrogen) atoms. The van der Waals surface area contributed by atoms with E-state index >= 15 is 0 Å². The summed E-state index contributed by atoms with van der Waals surface area (Å²) >= 11 is 0. The van der Waals surface area contributed by atoms with Gasteiger partial charge in [0.2, 0.25) is 5.16 Å². The number of nitrogens with two attached hydrogens (primary N) is 1. The van der Waals surface area contributed by atoms with Crippen LogP contribution >= 0.6 is 0 Å². The summed E-state index contributed by atoms with van der Waals surface area (Å²) in [6.45, 7) is 0.337. The van der Waals surface area contributed by atoms with Crippen LogP contribution in [-0.2, 0) is 16.3 Å². The van der Waals surface area contributed by atoms with Crippen LogP contribution in [0, 0.1) is 0 Å². The van der Waals surface area contributed by atoms with Gasteiger partial charge in [-0.15, -0.1) is 0 Å². The number of aromatic amines is 1. The molecule has 1 aliphatic carbocycles. The largest absolute Gasteiger partial charge is 0.382 e. The van der Waals surface area contributed by atoms with E-state index in [1.165, 1.54) is 4.57 Å². The van der Waals surface area contributed by atoms with Gasteiger partial charge in [0.15, 0.2) is 11.5 Å². The van der Waals surface area contributed by atoms with Crippen molar-refractivity contribution >= 4 is 26.7 Å². The molecule has 9 heteroatoms. The first kappa shape index (κ1) is 18.7. The van der Waals surface area contributed by atoms with Gasteiger partial charge in [-0.1, -0.05) is 49.6 Å². The summed E-state index contributed by atoms with van der Waals surface area (Å²) in [6.07, 6.45) is 4.87. The Hall–Kier alpha value is -2.68. The number of anilines is 1. The zero-order valence-corrected chi connectivity index (χ0v) is 16.6. The Labute approximate surface area is 163 Å². The summed E-state index contributed by atoms with van der Waals surface area (Å²) in [7, 11) is -1.26. The highest BCUT2D eigenvalue weighted by molar-refractivity contribution is 7.94. The minimum absolute atomic E-state index is 0.0867. The Morgan fingerprint density at radius 2 is 1.93 bits per heavy atom. The van der Waals surface area contributed by atoms with Crippen LogP contribution in [-0.4, -0.2) is 36.0 Å². The van der Waals surface area contributed by atoms with Crippen LogP contribution in [0.1, 0.15) is 37.7 Å². The average molecular weight is 401 g/mol. The van der Waals surface area contributed by atoms with Crippen molar-refractivity contribution in [1.82, 2.24) is 19.5 Å². The van der Waals surface area contributed by atoms with Gasteiger partial charge >= 0.3 is 5.69 Å². The fourth-order valence-corrected chi connectivity index (χ4v) is 6.02. The van der Waals surface area contributed by atoms with Crippen molar-refractivity contribution < 1.29 is 4.21 Å². The van der Waals surface area contributed by atoms with Gasteiger partial charge in [0.1, 0.15) is 15.2 Å². The van der Waals surface area contributed by atoms with E-state index in [0.717, 1.165) is 37.7 Å². The lowest BCUT2D eigenvalue weighted by Gasteiger charge is -2.24. The van der Waals surface area contributed by atoms with E-state index in [9.17, 15) is 9.00 Å². The van der Waals surface area contributed by atoms with Gasteiger partial charge in [0, 0.05) is 7.05 Å². The third-order valence-electron chi connectivity index (χ3n) is 5.35. The zero-order valence-electron chi connectivity index (χ0n) is 15.8. The number of benzene rings is 1. The van der Waals surface area contributed by atoms with Crippen LogP contribution in [0.25, 0.3) is 11.2 Å². The number of rotatable bonds is 4. The van der Waals surface area contributed by atoms with Gasteiger partial charge in [0.05, 0.1) is 11.8 Å².